The van der Waals surface area contributed by atoms with Crippen LogP contribution in [-0.4, -0.2) is 17.4 Å². The largest absolute Gasteiger partial charge is 0.322 e. The van der Waals surface area contributed by atoms with Crippen molar-refractivity contribution < 1.29 is 14.0 Å². The van der Waals surface area contributed by atoms with Crippen molar-refractivity contribution in [2.75, 3.05) is 11.1 Å². The fourth-order valence-corrected chi connectivity index (χ4v) is 3.13. The zero-order chi connectivity index (χ0) is 18.4. The van der Waals surface area contributed by atoms with E-state index in [9.17, 15) is 14.0 Å². The number of ketones is 1. The average Bonchev–Trinajstić information content (AvgIpc) is 2.68. The molecule has 0 aliphatic carbocycles. The lowest BCUT2D eigenvalue weighted by Gasteiger charge is -2.07. The number of carbonyl (C=O) groups excluding carboxylic acids is 2. The number of nitrogens with one attached hydrogen (secondary N) is 1. The highest BCUT2D eigenvalue weighted by molar-refractivity contribution is 8.00. The summed E-state index contributed by atoms with van der Waals surface area (Å²) >= 11 is 1.43. The number of amides is 1. The molecule has 0 bridgehead atoms. The predicted octanol–water partition coefficient (Wildman–Crippen LogP) is 5.05. The molecule has 0 spiro atoms. The lowest BCUT2D eigenvalue weighted by Crippen LogP contribution is -2.13. The molecular formula is C21H16FNO2S. The number of anilines is 1. The van der Waals surface area contributed by atoms with Gasteiger partial charge in [-0.15, -0.1) is 11.8 Å². The minimum atomic E-state index is -0.559. The minimum Gasteiger partial charge on any atom is -0.322 e. The Labute approximate surface area is 155 Å². The van der Waals surface area contributed by atoms with Gasteiger partial charge in [-0.3, -0.25) is 9.59 Å². The van der Waals surface area contributed by atoms with Gasteiger partial charge in [-0.2, -0.15) is 0 Å². The molecule has 0 atom stereocenters. The van der Waals surface area contributed by atoms with Gasteiger partial charge in [0.2, 0.25) is 0 Å². The predicted molar refractivity (Wildman–Crippen MR) is 102 cm³/mol. The number of hydrogen-bond donors (Lipinski definition) is 1. The highest BCUT2D eigenvalue weighted by atomic mass is 32.2. The molecule has 3 rings (SSSR count). The summed E-state index contributed by atoms with van der Waals surface area (Å²) in [5.74, 6) is -0.655. The van der Waals surface area contributed by atoms with Gasteiger partial charge >= 0.3 is 0 Å². The van der Waals surface area contributed by atoms with Gasteiger partial charge in [0.1, 0.15) is 5.82 Å². The molecule has 26 heavy (non-hydrogen) atoms. The molecule has 0 unspecified atom stereocenters. The van der Waals surface area contributed by atoms with E-state index in [1.54, 1.807) is 30.3 Å². The van der Waals surface area contributed by atoms with Gasteiger partial charge in [-0.25, -0.2) is 4.39 Å². The number of carbonyl (C=O) groups is 2. The summed E-state index contributed by atoms with van der Waals surface area (Å²) in [7, 11) is 0. The molecular weight excluding hydrogens is 349 g/mol. The van der Waals surface area contributed by atoms with E-state index >= 15 is 0 Å². The molecule has 1 amide bonds. The Bertz CT molecular complexity index is 911. The van der Waals surface area contributed by atoms with E-state index in [4.69, 9.17) is 0 Å². The highest BCUT2D eigenvalue weighted by Gasteiger charge is 2.11. The van der Waals surface area contributed by atoms with E-state index in [0.29, 0.717) is 17.0 Å². The van der Waals surface area contributed by atoms with Crippen LogP contribution < -0.4 is 5.32 Å². The second-order valence-electron chi connectivity index (χ2n) is 5.54. The normalized spacial score (nSPS) is 10.3. The molecule has 3 aromatic rings. The summed E-state index contributed by atoms with van der Waals surface area (Å²) in [5.41, 5.74) is 1.25. The lowest BCUT2D eigenvalue weighted by atomic mass is 10.2. The van der Waals surface area contributed by atoms with Crippen molar-refractivity contribution in [1.29, 1.82) is 0 Å². The zero-order valence-corrected chi connectivity index (χ0v) is 14.6. The Morgan fingerprint density at radius 2 is 1.50 bits per heavy atom. The molecule has 0 aliphatic rings. The third kappa shape index (κ3) is 4.58. The van der Waals surface area contributed by atoms with Crippen LogP contribution in [0.3, 0.4) is 0 Å². The SMILES string of the molecule is O=C(CSc1ccc(NC(=O)c2ccccc2F)cc1)c1ccccc1. The molecule has 5 heteroatoms. The van der Waals surface area contributed by atoms with Crippen LogP contribution in [0.1, 0.15) is 20.7 Å². The topological polar surface area (TPSA) is 46.2 Å². The molecule has 3 aromatic carbocycles. The lowest BCUT2D eigenvalue weighted by molar-refractivity contribution is 0.101. The average molecular weight is 365 g/mol. The van der Waals surface area contributed by atoms with E-state index in [1.807, 2.05) is 30.3 Å². The molecule has 0 heterocycles. The minimum absolute atomic E-state index is 0.000547. The zero-order valence-electron chi connectivity index (χ0n) is 13.8. The summed E-state index contributed by atoms with van der Waals surface area (Å²) in [6.07, 6.45) is 0. The van der Waals surface area contributed by atoms with E-state index in [1.165, 1.54) is 30.0 Å². The maximum atomic E-state index is 13.6. The van der Waals surface area contributed by atoms with Crippen molar-refractivity contribution in [3.63, 3.8) is 0 Å². The second kappa shape index (κ2) is 8.45. The van der Waals surface area contributed by atoms with Crippen molar-refractivity contribution in [3.8, 4) is 0 Å². The number of halogens is 1. The number of hydrogen-bond acceptors (Lipinski definition) is 3. The van der Waals surface area contributed by atoms with Gasteiger partial charge in [0.25, 0.3) is 5.91 Å². The molecule has 1 N–H and O–H groups in total. The summed E-state index contributed by atoms with van der Waals surface area (Å²) in [5, 5.41) is 2.66. The monoisotopic (exact) mass is 365 g/mol. The molecule has 0 fully saturated rings. The van der Waals surface area contributed by atoms with Gasteiger partial charge < -0.3 is 5.32 Å². The Hall–Kier alpha value is -2.92. The van der Waals surface area contributed by atoms with Gasteiger partial charge in [0.05, 0.1) is 11.3 Å². The maximum absolute atomic E-state index is 13.6. The Kier molecular flexibility index (Phi) is 5.81. The Morgan fingerprint density at radius 3 is 2.19 bits per heavy atom. The molecule has 0 radical (unpaired) electrons. The third-order valence-corrected chi connectivity index (χ3v) is 4.71. The first-order chi connectivity index (χ1) is 12.6. The van der Waals surface area contributed by atoms with E-state index in [0.717, 1.165) is 4.90 Å². The van der Waals surface area contributed by atoms with Crippen LogP contribution in [0, 0.1) is 5.82 Å². The van der Waals surface area contributed by atoms with Gasteiger partial charge in [-0.1, -0.05) is 42.5 Å². The summed E-state index contributed by atoms with van der Waals surface area (Å²) in [6, 6.07) is 22.1. The standard InChI is InChI=1S/C21H16FNO2S/c22-19-9-5-4-8-18(19)21(25)23-16-10-12-17(13-11-16)26-14-20(24)15-6-2-1-3-7-15/h1-13H,14H2,(H,23,25). The van der Waals surface area contributed by atoms with E-state index in [2.05, 4.69) is 5.32 Å². The summed E-state index contributed by atoms with van der Waals surface area (Å²) in [6.45, 7) is 0. The maximum Gasteiger partial charge on any atom is 0.258 e. The van der Waals surface area contributed by atoms with Crippen LogP contribution in [0.4, 0.5) is 10.1 Å². The Balaban J connectivity index is 1.58. The van der Waals surface area contributed by atoms with Crippen LogP contribution in [0.5, 0.6) is 0 Å². The number of thioether (sulfide) groups is 1. The van der Waals surface area contributed by atoms with Gasteiger partial charge in [0.15, 0.2) is 5.78 Å². The van der Waals surface area contributed by atoms with Crippen molar-refractivity contribution in [2.24, 2.45) is 0 Å². The molecule has 0 aromatic heterocycles. The molecule has 130 valence electrons. The van der Waals surface area contributed by atoms with Crippen molar-refractivity contribution in [3.05, 3.63) is 95.8 Å². The van der Waals surface area contributed by atoms with Crippen LogP contribution in [0.2, 0.25) is 0 Å². The van der Waals surface area contributed by atoms with E-state index in [-0.39, 0.29) is 11.3 Å². The summed E-state index contributed by atoms with van der Waals surface area (Å²) < 4.78 is 13.6. The Morgan fingerprint density at radius 1 is 0.846 bits per heavy atom. The number of rotatable bonds is 6. The first kappa shape index (κ1) is 17.9. The van der Waals surface area contributed by atoms with Crippen LogP contribution >= 0.6 is 11.8 Å². The first-order valence-electron chi connectivity index (χ1n) is 8.00. The molecule has 0 aliphatic heterocycles. The van der Waals surface area contributed by atoms with Crippen molar-refractivity contribution >= 4 is 29.1 Å². The van der Waals surface area contributed by atoms with Crippen molar-refractivity contribution in [2.45, 2.75) is 4.90 Å². The quantitative estimate of drug-likeness (QED) is 0.491. The van der Waals surface area contributed by atoms with E-state index < -0.39 is 11.7 Å². The van der Waals surface area contributed by atoms with Crippen LogP contribution in [0.25, 0.3) is 0 Å². The second-order valence-corrected chi connectivity index (χ2v) is 6.58. The number of benzene rings is 3. The van der Waals surface area contributed by atoms with Crippen LogP contribution in [-0.2, 0) is 0 Å². The fraction of sp³-hybridized carbons (Fsp3) is 0.0476. The third-order valence-electron chi connectivity index (χ3n) is 3.70. The summed E-state index contributed by atoms with van der Waals surface area (Å²) in [4.78, 5) is 25.1. The first-order valence-corrected chi connectivity index (χ1v) is 8.99. The highest BCUT2D eigenvalue weighted by Crippen LogP contribution is 2.22. The van der Waals surface area contributed by atoms with Crippen LogP contribution in [0.15, 0.2) is 83.8 Å². The number of Topliss-reactive ketones (excluding diaryl/α,β-unsaturated/α-hetero) is 1. The molecule has 0 saturated heterocycles. The van der Waals surface area contributed by atoms with Crippen molar-refractivity contribution in [1.82, 2.24) is 0 Å². The smallest absolute Gasteiger partial charge is 0.258 e. The van der Waals surface area contributed by atoms with Gasteiger partial charge in [0, 0.05) is 16.1 Å². The molecule has 0 saturated carbocycles. The fourth-order valence-electron chi connectivity index (χ4n) is 2.33. The van der Waals surface area contributed by atoms with Gasteiger partial charge in [-0.05, 0) is 36.4 Å². The molecule has 3 nitrogen and oxygen atoms in total.